The predicted octanol–water partition coefficient (Wildman–Crippen LogP) is 1.87. The first-order valence-corrected chi connectivity index (χ1v) is 5.18. The van der Waals surface area contributed by atoms with Gasteiger partial charge in [0, 0.05) is 18.4 Å². The second kappa shape index (κ2) is 3.62. The zero-order valence-corrected chi connectivity index (χ0v) is 9.31. The Hall–Kier alpha value is -1.42. The lowest BCUT2D eigenvalue weighted by Crippen LogP contribution is -2.08. The number of rotatable bonds is 2. The molecule has 15 heavy (non-hydrogen) atoms. The molecule has 1 unspecified atom stereocenters. The molecule has 80 valence electrons. The van der Waals surface area contributed by atoms with E-state index in [1.54, 1.807) is 6.20 Å². The third-order valence-electron chi connectivity index (χ3n) is 2.55. The van der Waals surface area contributed by atoms with Crippen LogP contribution in [0, 0.1) is 0 Å². The highest BCUT2D eigenvalue weighted by molar-refractivity contribution is 5.34. The Morgan fingerprint density at radius 2 is 1.87 bits per heavy atom. The Labute approximate surface area is 89.2 Å². The third-order valence-corrected chi connectivity index (χ3v) is 2.55. The van der Waals surface area contributed by atoms with E-state index in [-0.39, 0.29) is 6.04 Å². The molecule has 0 aliphatic heterocycles. The fourth-order valence-electron chi connectivity index (χ4n) is 1.54. The normalized spacial score (nSPS) is 13.7. The first-order valence-electron chi connectivity index (χ1n) is 5.18. The topological polar surface area (TPSA) is 56.2 Å². The number of imidazole rings is 1. The molecule has 2 rings (SSSR count). The molecule has 0 saturated carbocycles. The smallest absolute Gasteiger partial charge is 0.233 e. The second-order valence-corrected chi connectivity index (χ2v) is 4.18. The van der Waals surface area contributed by atoms with E-state index in [1.807, 2.05) is 17.5 Å². The van der Waals surface area contributed by atoms with E-state index in [2.05, 4.69) is 30.0 Å². The van der Waals surface area contributed by atoms with Gasteiger partial charge in [-0.15, -0.1) is 0 Å². The van der Waals surface area contributed by atoms with Crippen LogP contribution in [0.15, 0.2) is 18.6 Å². The number of nitrogens with two attached hydrogens (primary N) is 1. The van der Waals surface area contributed by atoms with Gasteiger partial charge in [0.2, 0.25) is 5.78 Å². The van der Waals surface area contributed by atoms with Gasteiger partial charge in [-0.05, 0) is 18.4 Å². The molecule has 0 radical (unpaired) electrons. The summed E-state index contributed by atoms with van der Waals surface area (Å²) in [6.07, 6.45) is 5.73. The summed E-state index contributed by atoms with van der Waals surface area (Å²) in [6, 6.07) is -0.0239. The van der Waals surface area contributed by atoms with Crippen LogP contribution in [0.1, 0.15) is 44.0 Å². The zero-order chi connectivity index (χ0) is 11.0. The van der Waals surface area contributed by atoms with Crippen molar-refractivity contribution in [2.24, 2.45) is 5.73 Å². The van der Waals surface area contributed by atoms with Gasteiger partial charge >= 0.3 is 0 Å². The zero-order valence-electron chi connectivity index (χ0n) is 9.31. The summed E-state index contributed by atoms with van der Waals surface area (Å²) in [6.45, 7) is 6.24. The first kappa shape index (κ1) is 10.1. The standard InChI is InChI=1S/C11H16N4/c1-7(2)9-4-13-11-14-5-10(8(3)12)15(11)6-9/h4-8H,12H2,1-3H3. The Kier molecular flexibility index (Phi) is 2.44. The van der Waals surface area contributed by atoms with Crippen molar-refractivity contribution >= 4 is 5.78 Å². The largest absolute Gasteiger partial charge is 0.323 e. The quantitative estimate of drug-likeness (QED) is 0.812. The van der Waals surface area contributed by atoms with Crippen molar-refractivity contribution in [1.82, 2.24) is 14.4 Å². The molecule has 0 spiro atoms. The molecule has 2 heterocycles. The molecule has 0 bridgehead atoms. The van der Waals surface area contributed by atoms with Crippen LogP contribution in [-0.2, 0) is 0 Å². The lowest BCUT2D eigenvalue weighted by molar-refractivity contribution is 0.757. The maximum Gasteiger partial charge on any atom is 0.233 e. The lowest BCUT2D eigenvalue weighted by atomic mass is 10.1. The highest BCUT2D eigenvalue weighted by Crippen LogP contribution is 2.16. The maximum absolute atomic E-state index is 5.86. The summed E-state index contributed by atoms with van der Waals surface area (Å²) in [5.74, 6) is 1.18. The van der Waals surface area contributed by atoms with Crippen LogP contribution in [0.5, 0.6) is 0 Å². The van der Waals surface area contributed by atoms with Gasteiger partial charge in [0.05, 0.1) is 11.9 Å². The van der Waals surface area contributed by atoms with Gasteiger partial charge in [0.1, 0.15) is 0 Å². The summed E-state index contributed by atoms with van der Waals surface area (Å²) in [5, 5.41) is 0. The molecule has 0 saturated heterocycles. The number of aromatic nitrogens is 3. The van der Waals surface area contributed by atoms with Crippen molar-refractivity contribution in [2.45, 2.75) is 32.7 Å². The molecule has 4 nitrogen and oxygen atoms in total. The Morgan fingerprint density at radius 1 is 1.20 bits per heavy atom. The average Bonchev–Trinajstić information content (AvgIpc) is 2.59. The monoisotopic (exact) mass is 204 g/mol. The average molecular weight is 204 g/mol. The van der Waals surface area contributed by atoms with Crippen molar-refractivity contribution in [2.75, 3.05) is 0 Å². The van der Waals surface area contributed by atoms with Crippen molar-refractivity contribution < 1.29 is 0 Å². The predicted molar refractivity (Wildman–Crippen MR) is 59.7 cm³/mol. The van der Waals surface area contributed by atoms with Gasteiger partial charge in [-0.1, -0.05) is 13.8 Å². The molecule has 2 N–H and O–H groups in total. The third kappa shape index (κ3) is 1.72. The molecule has 1 atom stereocenters. The number of hydrogen-bond acceptors (Lipinski definition) is 3. The minimum atomic E-state index is -0.0239. The van der Waals surface area contributed by atoms with Crippen LogP contribution in [0.3, 0.4) is 0 Å². The van der Waals surface area contributed by atoms with Gasteiger partial charge in [0.15, 0.2) is 0 Å². The van der Waals surface area contributed by atoms with Gasteiger partial charge in [-0.3, -0.25) is 4.40 Å². The van der Waals surface area contributed by atoms with Gasteiger partial charge in [-0.2, -0.15) is 0 Å². The van der Waals surface area contributed by atoms with E-state index in [1.165, 1.54) is 5.56 Å². The number of hydrogen-bond donors (Lipinski definition) is 1. The van der Waals surface area contributed by atoms with E-state index in [0.717, 1.165) is 5.69 Å². The van der Waals surface area contributed by atoms with Crippen molar-refractivity contribution in [3.63, 3.8) is 0 Å². The summed E-state index contributed by atoms with van der Waals surface area (Å²) in [7, 11) is 0. The number of fused-ring (bicyclic) bond motifs is 1. The fraction of sp³-hybridized carbons (Fsp3) is 0.455. The highest BCUT2D eigenvalue weighted by Gasteiger charge is 2.09. The minimum absolute atomic E-state index is 0.0239. The van der Waals surface area contributed by atoms with Crippen molar-refractivity contribution in [1.29, 1.82) is 0 Å². The van der Waals surface area contributed by atoms with Crippen molar-refractivity contribution in [3.8, 4) is 0 Å². The molecule has 2 aromatic heterocycles. The molecular weight excluding hydrogens is 188 g/mol. The Morgan fingerprint density at radius 3 is 2.47 bits per heavy atom. The van der Waals surface area contributed by atoms with Gasteiger partial charge in [0.25, 0.3) is 0 Å². The lowest BCUT2D eigenvalue weighted by Gasteiger charge is -2.08. The summed E-state index contributed by atoms with van der Waals surface area (Å²) in [4.78, 5) is 8.51. The molecular formula is C11H16N4. The molecule has 0 fully saturated rings. The summed E-state index contributed by atoms with van der Waals surface area (Å²) < 4.78 is 1.97. The first-order chi connectivity index (χ1) is 7.09. The molecule has 2 aromatic rings. The SMILES string of the molecule is CC(C)c1cnc2ncc(C(C)N)n2c1. The van der Waals surface area contributed by atoms with E-state index in [9.17, 15) is 0 Å². The van der Waals surface area contributed by atoms with Crippen molar-refractivity contribution in [3.05, 3.63) is 29.8 Å². The Balaban J connectivity index is 2.61. The van der Waals surface area contributed by atoms with E-state index in [0.29, 0.717) is 11.7 Å². The van der Waals surface area contributed by atoms with Gasteiger partial charge < -0.3 is 5.73 Å². The molecule has 0 aromatic carbocycles. The fourth-order valence-corrected chi connectivity index (χ4v) is 1.54. The molecule has 0 aliphatic rings. The summed E-state index contributed by atoms with van der Waals surface area (Å²) in [5.41, 5.74) is 8.06. The maximum atomic E-state index is 5.86. The van der Waals surface area contributed by atoms with Crippen LogP contribution in [0.2, 0.25) is 0 Å². The minimum Gasteiger partial charge on any atom is -0.323 e. The molecule has 0 amide bonds. The van der Waals surface area contributed by atoms with E-state index < -0.39 is 0 Å². The molecule has 0 aliphatic carbocycles. The van der Waals surface area contributed by atoms with Crippen LogP contribution in [-0.4, -0.2) is 14.4 Å². The number of nitrogens with zero attached hydrogens (tertiary/aromatic N) is 3. The highest BCUT2D eigenvalue weighted by atomic mass is 15.1. The van der Waals surface area contributed by atoms with Crippen LogP contribution in [0.4, 0.5) is 0 Å². The second-order valence-electron chi connectivity index (χ2n) is 4.18. The van der Waals surface area contributed by atoms with E-state index >= 15 is 0 Å². The summed E-state index contributed by atoms with van der Waals surface area (Å²) >= 11 is 0. The van der Waals surface area contributed by atoms with Crippen LogP contribution < -0.4 is 5.73 Å². The van der Waals surface area contributed by atoms with Crippen LogP contribution >= 0.6 is 0 Å². The van der Waals surface area contributed by atoms with Gasteiger partial charge in [-0.25, -0.2) is 9.97 Å². The van der Waals surface area contributed by atoms with E-state index in [4.69, 9.17) is 5.73 Å². The Bertz CT molecular complexity index is 470. The molecule has 4 heteroatoms. The van der Waals surface area contributed by atoms with Crippen LogP contribution in [0.25, 0.3) is 5.78 Å².